The van der Waals surface area contributed by atoms with Gasteiger partial charge in [0.05, 0.1) is 37.1 Å². The quantitative estimate of drug-likeness (QED) is 0.280. The first-order chi connectivity index (χ1) is 18.9. The lowest BCUT2D eigenvalue weighted by molar-refractivity contribution is -0.124. The van der Waals surface area contributed by atoms with Gasteiger partial charge >= 0.3 is 0 Å². The number of fused-ring (bicyclic) bond motifs is 3. The summed E-state index contributed by atoms with van der Waals surface area (Å²) >= 11 is 0. The largest absolute Gasteiger partial charge is 0.334 e. The summed E-state index contributed by atoms with van der Waals surface area (Å²) in [6, 6.07) is 15.9. The van der Waals surface area contributed by atoms with Crippen LogP contribution in [0.15, 0.2) is 73.3 Å². The fraction of sp³-hybridized carbons (Fsp3) is 0.312. The molecule has 0 aliphatic heterocycles. The zero-order valence-electron chi connectivity index (χ0n) is 22.7. The fourth-order valence-electron chi connectivity index (χ4n) is 6.10. The Morgan fingerprint density at radius 2 is 1.89 bits per heavy atom. The van der Waals surface area contributed by atoms with Gasteiger partial charge in [0.25, 0.3) is 0 Å². The molecule has 2 fully saturated rings. The van der Waals surface area contributed by atoms with Gasteiger partial charge in [0.1, 0.15) is 0 Å². The molecule has 1 amide bonds. The number of imidazole rings is 1. The highest BCUT2D eigenvalue weighted by molar-refractivity contribution is 5.96. The molecule has 2 aliphatic rings. The zero-order chi connectivity index (χ0) is 27.1. The van der Waals surface area contributed by atoms with Crippen molar-refractivity contribution in [2.24, 2.45) is 24.8 Å². The summed E-state index contributed by atoms with van der Waals surface area (Å²) in [7, 11) is 1.98. The van der Waals surface area contributed by atoms with E-state index in [1.165, 1.54) is 19.4 Å². The molecule has 4 atom stereocenters. The monoisotopic (exact) mass is 505 g/mol. The van der Waals surface area contributed by atoms with Gasteiger partial charge in [-0.25, -0.2) is 4.98 Å². The van der Waals surface area contributed by atoms with Gasteiger partial charge in [-0.05, 0) is 90.6 Å². The molecule has 0 spiro atoms. The number of rotatable bonds is 7. The Labute approximate surface area is 224 Å². The number of aryl methyl sites for hydroxylation is 1. The second kappa shape index (κ2) is 10.0. The highest BCUT2D eigenvalue weighted by Gasteiger charge is 2.44. The van der Waals surface area contributed by atoms with Crippen LogP contribution in [0, 0.1) is 17.8 Å². The Bertz CT molecular complexity index is 1570. The van der Waals surface area contributed by atoms with Crippen molar-refractivity contribution in [1.82, 2.24) is 14.5 Å². The third kappa shape index (κ3) is 4.78. The average molecular weight is 506 g/mol. The van der Waals surface area contributed by atoms with E-state index in [2.05, 4.69) is 28.2 Å². The number of aromatic nitrogens is 3. The summed E-state index contributed by atoms with van der Waals surface area (Å²) < 4.78 is 11.2. The van der Waals surface area contributed by atoms with E-state index in [1.54, 1.807) is 23.4 Å². The second-order valence-electron chi connectivity index (χ2n) is 10.7. The number of hydrogen-bond acceptors (Lipinski definition) is 4. The topological polar surface area (TPSA) is 68.1 Å². The van der Waals surface area contributed by atoms with Gasteiger partial charge in [0.15, 0.2) is 5.78 Å². The van der Waals surface area contributed by atoms with E-state index in [0.717, 1.165) is 52.5 Å². The molecular formula is C32H32N4O2. The van der Waals surface area contributed by atoms with Crippen molar-refractivity contribution in [2.75, 3.05) is 4.90 Å². The molecule has 0 radical (unpaired) electrons. The lowest BCUT2D eigenvalue weighted by atomic mass is 9.87. The van der Waals surface area contributed by atoms with Crippen LogP contribution < -0.4 is 4.90 Å². The first-order valence-corrected chi connectivity index (χ1v) is 13.3. The third-order valence-corrected chi connectivity index (χ3v) is 8.07. The minimum Gasteiger partial charge on any atom is -0.334 e. The van der Waals surface area contributed by atoms with Crippen molar-refractivity contribution in [1.29, 1.82) is 0 Å². The molecule has 6 heteroatoms. The van der Waals surface area contributed by atoms with Crippen LogP contribution in [0.3, 0.4) is 0 Å². The zero-order valence-corrected chi connectivity index (χ0v) is 21.7. The van der Waals surface area contributed by atoms with Gasteiger partial charge in [0, 0.05) is 19.2 Å². The van der Waals surface area contributed by atoms with Crippen LogP contribution in [-0.4, -0.2) is 26.2 Å². The molecule has 6 rings (SSSR count). The molecule has 1 unspecified atom stereocenters. The van der Waals surface area contributed by atoms with Gasteiger partial charge in [-0.15, -0.1) is 0 Å². The van der Waals surface area contributed by atoms with Crippen LogP contribution in [-0.2, 0) is 23.2 Å². The number of carbonyl (C=O) groups is 2. The molecule has 2 heterocycles. The third-order valence-electron chi connectivity index (χ3n) is 8.07. The van der Waals surface area contributed by atoms with E-state index in [4.69, 9.17) is 0 Å². The van der Waals surface area contributed by atoms with Crippen molar-refractivity contribution >= 4 is 34.5 Å². The first kappa shape index (κ1) is 23.1. The maximum atomic E-state index is 14.0. The van der Waals surface area contributed by atoms with E-state index >= 15 is 0 Å². The van der Waals surface area contributed by atoms with Crippen LogP contribution in [0.1, 0.15) is 45.1 Å². The number of pyridine rings is 1. The summed E-state index contributed by atoms with van der Waals surface area (Å²) in [5.74, 6) is 0.901. The van der Waals surface area contributed by atoms with Crippen LogP contribution in [0.2, 0.25) is 0 Å². The van der Waals surface area contributed by atoms with Crippen molar-refractivity contribution in [2.45, 2.75) is 39.1 Å². The number of carbonyl (C=O) groups excluding carboxylic acids is 2. The number of benzene rings is 2. The Morgan fingerprint density at radius 1 is 1.08 bits per heavy atom. The highest BCUT2D eigenvalue weighted by atomic mass is 16.2. The molecule has 2 aromatic heterocycles. The molecule has 4 aromatic rings. The Kier molecular flexibility index (Phi) is 6.08. The standard InChI is InChI=1S/C32H32N4O2/c1-21(37)3-4-24-14-28(18-33-17-24)36(32(38)29-15-23-7-10-27(29)13-23)19-22-5-8-25(9-6-22)26-11-12-31-30(16-26)34-20-35(31)2/h3-6,8-9,11-12,14,16-18,20,23,27,29H,7,10,13,15,19H2,1-2H3/b4-3+/t23-,27+,29-/m1/s1/i19D/t19?,23-,27+,29-. The molecule has 6 nitrogen and oxygen atoms in total. The normalized spacial score (nSPS) is 21.6. The molecule has 2 saturated carbocycles. The van der Waals surface area contributed by atoms with Crippen molar-refractivity contribution in [3.8, 4) is 11.1 Å². The van der Waals surface area contributed by atoms with Gasteiger partial charge in [0.2, 0.25) is 5.91 Å². The molecule has 2 aliphatic carbocycles. The van der Waals surface area contributed by atoms with Gasteiger partial charge in [-0.2, -0.15) is 0 Å². The minimum atomic E-state index is -0.919. The predicted octanol–water partition coefficient (Wildman–Crippen LogP) is 6.21. The fourth-order valence-corrected chi connectivity index (χ4v) is 6.10. The number of hydrogen-bond donors (Lipinski definition) is 0. The van der Waals surface area contributed by atoms with E-state index < -0.39 is 6.52 Å². The Balaban J connectivity index is 1.32. The number of allylic oxidation sites excluding steroid dienone is 1. The first-order valence-electron chi connectivity index (χ1n) is 13.9. The van der Waals surface area contributed by atoms with E-state index in [-0.39, 0.29) is 17.6 Å². The second-order valence-corrected chi connectivity index (χ2v) is 10.7. The maximum absolute atomic E-state index is 14.0. The summed E-state index contributed by atoms with van der Waals surface area (Å²) in [6.45, 7) is 0.578. The van der Waals surface area contributed by atoms with Crippen molar-refractivity contribution in [3.05, 3.63) is 84.5 Å². The van der Waals surface area contributed by atoms with Gasteiger partial charge in [-0.1, -0.05) is 36.8 Å². The number of nitrogens with zero attached hydrogens (tertiary/aromatic N) is 4. The van der Waals surface area contributed by atoms with E-state index in [9.17, 15) is 11.0 Å². The Hall–Kier alpha value is -4.06. The number of amides is 1. The minimum absolute atomic E-state index is 0.00128. The molecule has 2 bridgehead atoms. The van der Waals surface area contributed by atoms with Crippen LogP contribution >= 0.6 is 0 Å². The lowest BCUT2D eigenvalue weighted by Crippen LogP contribution is -2.38. The SMILES string of the molecule is [2H]C(c1ccc(-c2ccc3c(c2)ncn3C)cc1)N(C(=O)[C@@H]1C[C@@H]2CC[C@H]1C2)c1cncc(/C=C/C(C)=O)c1. The van der Waals surface area contributed by atoms with Gasteiger partial charge < -0.3 is 9.47 Å². The van der Waals surface area contributed by atoms with Crippen molar-refractivity contribution in [3.63, 3.8) is 0 Å². The van der Waals surface area contributed by atoms with Crippen molar-refractivity contribution < 1.29 is 11.0 Å². The van der Waals surface area contributed by atoms with Crippen LogP contribution in [0.25, 0.3) is 28.2 Å². The Morgan fingerprint density at radius 3 is 2.63 bits per heavy atom. The summed E-state index contributed by atoms with van der Waals surface area (Å²) in [4.78, 5) is 35.9. The van der Waals surface area contributed by atoms with E-state index in [1.807, 2.05) is 48.3 Å². The van der Waals surface area contributed by atoms with Crippen LogP contribution in [0.4, 0.5) is 5.69 Å². The summed E-state index contributed by atoms with van der Waals surface area (Å²) in [5, 5.41) is 0. The lowest BCUT2D eigenvalue weighted by Gasteiger charge is -2.30. The number of anilines is 1. The average Bonchev–Trinajstić information content (AvgIpc) is 3.68. The number of ketones is 1. The summed E-state index contributed by atoms with van der Waals surface area (Å²) in [5.41, 5.74) is 6.13. The molecule has 2 aromatic carbocycles. The molecule has 38 heavy (non-hydrogen) atoms. The smallest absolute Gasteiger partial charge is 0.230 e. The predicted molar refractivity (Wildman–Crippen MR) is 150 cm³/mol. The highest BCUT2D eigenvalue weighted by Crippen LogP contribution is 2.49. The molecule has 0 saturated heterocycles. The molecule has 192 valence electrons. The van der Waals surface area contributed by atoms with Crippen LogP contribution in [0.5, 0.6) is 0 Å². The summed E-state index contributed by atoms with van der Waals surface area (Å²) in [6.07, 6.45) is 12.6. The molecule has 0 N–H and O–H groups in total. The van der Waals surface area contributed by atoms with E-state index in [0.29, 0.717) is 17.5 Å². The maximum Gasteiger partial charge on any atom is 0.230 e. The molecular weight excluding hydrogens is 472 g/mol. The van der Waals surface area contributed by atoms with Gasteiger partial charge in [-0.3, -0.25) is 14.6 Å².